The van der Waals surface area contributed by atoms with Crippen molar-refractivity contribution in [1.29, 1.82) is 0 Å². The molecule has 1 heterocycles. The van der Waals surface area contributed by atoms with Gasteiger partial charge in [-0.15, -0.1) is 0 Å². The third-order valence-corrected chi connectivity index (χ3v) is 3.19. The van der Waals surface area contributed by atoms with Gasteiger partial charge in [0.05, 0.1) is 11.0 Å². The van der Waals surface area contributed by atoms with Crippen LogP contribution in [0.1, 0.15) is 17.3 Å². The van der Waals surface area contributed by atoms with Crippen LogP contribution < -0.4 is 10.6 Å². The van der Waals surface area contributed by atoms with Crippen molar-refractivity contribution in [3.63, 3.8) is 0 Å². The molecule has 2 aromatic carbocycles. The summed E-state index contributed by atoms with van der Waals surface area (Å²) >= 11 is 0. The minimum Gasteiger partial charge on any atom is -0.326 e. The Kier molecular flexibility index (Phi) is 3.97. The van der Waals surface area contributed by atoms with Crippen molar-refractivity contribution in [1.82, 2.24) is 9.97 Å². The molecule has 0 aliphatic rings. The van der Waals surface area contributed by atoms with Crippen LogP contribution in [-0.4, -0.2) is 21.8 Å². The van der Waals surface area contributed by atoms with Crippen LogP contribution in [-0.2, 0) is 4.79 Å². The van der Waals surface area contributed by atoms with Crippen LogP contribution in [0.25, 0.3) is 11.0 Å². The van der Waals surface area contributed by atoms with Crippen molar-refractivity contribution >= 4 is 34.2 Å². The molecule has 0 saturated carbocycles. The number of hydrogen-bond donors (Lipinski definition) is 2. The first-order valence-electron chi connectivity index (χ1n) is 7.01. The fourth-order valence-electron chi connectivity index (χ4n) is 2.15. The highest BCUT2D eigenvalue weighted by molar-refractivity contribution is 6.06. The smallest absolute Gasteiger partial charge is 0.255 e. The third-order valence-electron chi connectivity index (χ3n) is 3.19. The highest BCUT2D eigenvalue weighted by Gasteiger charge is 2.08. The van der Waals surface area contributed by atoms with E-state index in [1.165, 1.54) is 6.92 Å². The van der Waals surface area contributed by atoms with Crippen molar-refractivity contribution in [3.05, 3.63) is 60.4 Å². The minimum atomic E-state index is -0.232. The molecule has 3 rings (SSSR count). The first-order valence-corrected chi connectivity index (χ1v) is 7.01. The van der Waals surface area contributed by atoms with Gasteiger partial charge >= 0.3 is 0 Å². The molecule has 0 aliphatic carbocycles. The molecule has 1 aromatic heterocycles. The fourth-order valence-corrected chi connectivity index (χ4v) is 2.15. The van der Waals surface area contributed by atoms with E-state index in [1.54, 1.807) is 54.9 Å². The van der Waals surface area contributed by atoms with Gasteiger partial charge in [-0.1, -0.05) is 0 Å². The predicted octanol–water partition coefficient (Wildman–Crippen LogP) is 2.84. The number of fused-ring (bicyclic) bond motifs is 1. The van der Waals surface area contributed by atoms with Crippen LogP contribution in [0.2, 0.25) is 0 Å². The van der Waals surface area contributed by atoms with E-state index < -0.39 is 0 Å². The number of carbonyl (C=O) groups is 2. The number of carbonyl (C=O) groups excluding carboxylic acids is 2. The average molecular weight is 306 g/mol. The molecule has 0 spiro atoms. The Bertz CT molecular complexity index is 875. The molecule has 114 valence electrons. The zero-order valence-electron chi connectivity index (χ0n) is 12.4. The molecule has 0 fully saturated rings. The predicted molar refractivity (Wildman–Crippen MR) is 88.2 cm³/mol. The van der Waals surface area contributed by atoms with E-state index in [-0.39, 0.29) is 11.8 Å². The lowest BCUT2D eigenvalue weighted by atomic mass is 10.1. The molecule has 3 aromatic rings. The second-order valence-electron chi connectivity index (χ2n) is 4.97. The topological polar surface area (TPSA) is 84.0 Å². The van der Waals surface area contributed by atoms with Gasteiger partial charge in [-0.2, -0.15) is 0 Å². The number of amides is 2. The van der Waals surface area contributed by atoms with Crippen LogP contribution in [0.4, 0.5) is 11.4 Å². The Morgan fingerprint density at radius 3 is 2.09 bits per heavy atom. The molecule has 23 heavy (non-hydrogen) atoms. The van der Waals surface area contributed by atoms with E-state index >= 15 is 0 Å². The summed E-state index contributed by atoms with van der Waals surface area (Å²) in [6.07, 6.45) is 3.20. The van der Waals surface area contributed by atoms with Gasteiger partial charge in [0.15, 0.2) is 0 Å². The first-order chi connectivity index (χ1) is 11.1. The van der Waals surface area contributed by atoms with Gasteiger partial charge in [0.2, 0.25) is 5.91 Å². The normalized spacial score (nSPS) is 10.3. The number of nitrogens with zero attached hydrogens (tertiary/aromatic N) is 2. The number of rotatable bonds is 3. The van der Waals surface area contributed by atoms with Gasteiger partial charge in [-0.25, -0.2) is 0 Å². The van der Waals surface area contributed by atoms with Crippen LogP contribution in [0.3, 0.4) is 0 Å². The lowest BCUT2D eigenvalue weighted by Gasteiger charge is -2.07. The summed E-state index contributed by atoms with van der Waals surface area (Å²) in [5, 5.41) is 5.47. The lowest BCUT2D eigenvalue weighted by Crippen LogP contribution is -2.12. The van der Waals surface area contributed by atoms with Gasteiger partial charge in [0, 0.05) is 36.3 Å². The zero-order valence-corrected chi connectivity index (χ0v) is 12.4. The summed E-state index contributed by atoms with van der Waals surface area (Å²) in [7, 11) is 0. The van der Waals surface area contributed by atoms with Crippen LogP contribution in [0, 0.1) is 0 Å². The molecule has 0 radical (unpaired) electrons. The summed E-state index contributed by atoms with van der Waals surface area (Å²) in [5.74, 6) is -0.371. The Balaban J connectivity index is 1.76. The summed E-state index contributed by atoms with van der Waals surface area (Å²) in [4.78, 5) is 31.6. The molecule has 0 aliphatic heterocycles. The maximum Gasteiger partial charge on any atom is 0.255 e. The maximum absolute atomic E-state index is 12.3. The molecular weight excluding hydrogens is 292 g/mol. The van der Waals surface area contributed by atoms with Crippen molar-refractivity contribution < 1.29 is 9.59 Å². The second kappa shape index (κ2) is 6.23. The van der Waals surface area contributed by atoms with E-state index in [1.807, 2.05) is 0 Å². The molecule has 2 amide bonds. The largest absolute Gasteiger partial charge is 0.326 e. The molecule has 0 bridgehead atoms. The number of hydrogen-bond acceptors (Lipinski definition) is 4. The number of anilines is 2. The first kappa shape index (κ1) is 14.6. The molecule has 0 saturated heterocycles. The molecular formula is C17H14N4O2. The van der Waals surface area contributed by atoms with Crippen molar-refractivity contribution in [2.24, 2.45) is 0 Å². The van der Waals surface area contributed by atoms with Gasteiger partial charge in [0.25, 0.3) is 5.91 Å². The average Bonchev–Trinajstić information content (AvgIpc) is 2.55. The minimum absolute atomic E-state index is 0.140. The van der Waals surface area contributed by atoms with Gasteiger partial charge < -0.3 is 10.6 Å². The summed E-state index contributed by atoms with van der Waals surface area (Å²) in [5.41, 5.74) is 3.23. The summed E-state index contributed by atoms with van der Waals surface area (Å²) < 4.78 is 0. The van der Waals surface area contributed by atoms with Gasteiger partial charge in [0.1, 0.15) is 0 Å². The Labute approximate surface area is 132 Å². The monoisotopic (exact) mass is 306 g/mol. The van der Waals surface area contributed by atoms with Crippen molar-refractivity contribution in [2.45, 2.75) is 6.92 Å². The van der Waals surface area contributed by atoms with Crippen LogP contribution in [0.5, 0.6) is 0 Å². The molecule has 2 N–H and O–H groups in total. The van der Waals surface area contributed by atoms with E-state index in [0.29, 0.717) is 22.5 Å². The van der Waals surface area contributed by atoms with Crippen LogP contribution >= 0.6 is 0 Å². The second-order valence-corrected chi connectivity index (χ2v) is 4.97. The zero-order chi connectivity index (χ0) is 16.2. The summed E-state index contributed by atoms with van der Waals surface area (Å²) in [6.45, 7) is 1.44. The van der Waals surface area contributed by atoms with Gasteiger partial charge in [-0.3, -0.25) is 19.6 Å². The Morgan fingerprint density at radius 2 is 1.43 bits per heavy atom. The molecule has 6 heteroatoms. The van der Waals surface area contributed by atoms with E-state index in [9.17, 15) is 9.59 Å². The van der Waals surface area contributed by atoms with Crippen LogP contribution in [0.15, 0.2) is 54.9 Å². The Hall–Kier alpha value is -3.28. The quantitative estimate of drug-likeness (QED) is 0.779. The Morgan fingerprint density at radius 1 is 0.826 bits per heavy atom. The van der Waals surface area contributed by atoms with Crippen molar-refractivity contribution in [3.8, 4) is 0 Å². The highest BCUT2D eigenvalue weighted by Crippen LogP contribution is 2.16. The highest BCUT2D eigenvalue weighted by atomic mass is 16.2. The number of aromatic nitrogens is 2. The fraction of sp³-hybridized carbons (Fsp3) is 0.0588. The molecule has 0 atom stereocenters. The lowest BCUT2D eigenvalue weighted by molar-refractivity contribution is -0.114. The number of nitrogens with one attached hydrogen (secondary N) is 2. The molecule has 6 nitrogen and oxygen atoms in total. The van der Waals surface area contributed by atoms with E-state index in [4.69, 9.17) is 0 Å². The third kappa shape index (κ3) is 3.49. The number of benzene rings is 2. The maximum atomic E-state index is 12.3. The van der Waals surface area contributed by atoms with E-state index in [2.05, 4.69) is 20.6 Å². The van der Waals surface area contributed by atoms with Crippen molar-refractivity contribution in [2.75, 3.05) is 10.6 Å². The standard InChI is InChI=1S/C17H14N4O2/c1-11(22)20-13-3-5-14(6-4-13)21-17(23)12-2-7-15-16(10-12)19-9-8-18-15/h2-10H,1H3,(H,20,22)(H,21,23). The SMILES string of the molecule is CC(=O)Nc1ccc(NC(=O)c2ccc3nccnc3c2)cc1. The van der Waals surface area contributed by atoms with Gasteiger partial charge in [-0.05, 0) is 42.5 Å². The summed E-state index contributed by atoms with van der Waals surface area (Å²) in [6, 6.07) is 12.1. The molecule has 0 unspecified atom stereocenters. The van der Waals surface area contributed by atoms with E-state index in [0.717, 1.165) is 5.52 Å².